The number of halogens is 2. The number of carboxylic acid groups (broad SMARTS) is 1. The van der Waals surface area contributed by atoms with Crippen molar-refractivity contribution in [1.29, 1.82) is 0 Å². The van der Waals surface area contributed by atoms with Crippen LogP contribution in [0, 0.1) is 0 Å². The smallest absolute Gasteiger partial charge is 0.304 e. The Kier molecular flexibility index (Phi) is 5.82. The third-order valence-electron chi connectivity index (χ3n) is 2.56. The fourth-order valence-corrected chi connectivity index (χ4v) is 4.04. The Balaban J connectivity index is 3.18. The minimum absolute atomic E-state index is 0.0471. The van der Waals surface area contributed by atoms with Crippen LogP contribution in [-0.4, -0.2) is 36.4 Å². The van der Waals surface area contributed by atoms with Crippen LogP contribution in [0.1, 0.15) is 20.3 Å². The normalized spacial score (nSPS) is 12.1. The molecule has 1 aromatic carbocycles. The third kappa shape index (κ3) is 4.34. The van der Waals surface area contributed by atoms with Gasteiger partial charge in [0.2, 0.25) is 10.0 Å². The number of sulfonamides is 1. The van der Waals surface area contributed by atoms with Gasteiger partial charge in [0.1, 0.15) is 0 Å². The van der Waals surface area contributed by atoms with E-state index in [1.165, 1.54) is 18.2 Å². The molecule has 1 rings (SSSR count). The van der Waals surface area contributed by atoms with Crippen LogP contribution in [0.3, 0.4) is 0 Å². The van der Waals surface area contributed by atoms with Crippen molar-refractivity contribution in [1.82, 2.24) is 4.31 Å². The topological polar surface area (TPSA) is 74.7 Å². The molecule has 0 aliphatic carbocycles. The molecule has 0 amide bonds. The highest BCUT2D eigenvalue weighted by molar-refractivity contribution is 7.89. The van der Waals surface area contributed by atoms with Gasteiger partial charge in [-0.1, -0.05) is 23.2 Å². The predicted octanol–water partition coefficient (Wildman–Crippen LogP) is 2.87. The van der Waals surface area contributed by atoms with Crippen molar-refractivity contribution in [2.45, 2.75) is 31.2 Å². The number of hydrogen-bond acceptors (Lipinski definition) is 3. The summed E-state index contributed by atoms with van der Waals surface area (Å²) in [4.78, 5) is 10.6. The second-order valence-electron chi connectivity index (χ2n) is 4.46. The molecule has 1 N–H and O–H groups in total. The highest BCUT2D eigenvalue weighted by Gasteiger charge is 2.28. The quantitative estimate of drug-likeness (QED) is 0.864. The molecule has 0 aliphatic rings. The van der Waals surface area contributed by atoms with Gasteiger partial charge in [-0.05, 0) is 32.0 Å². The molecule has 0 aliphatic heterocycles. The summed E-state index contributed by atoms with van der Waals surface area (Å²) in [6, 6.07) is 3.63. The number of benzene rings is 1. The summed E-state index contributed by atoms with van der Waals surface area (Å²) in [5, 5.41) is 9.12. The molecule has 0 saturated heterocycles. The molecular formula is C12H15Cl2NO4S. The van der Waals surface area contributed by atoms with Crippen LogP contribution in [0.4, 0.5) is 0 Å². The maximum Gasteiger partial charge on any atom is 0.304 e. The number of aliphatic carboxylic acids is 1. The summed E-state index contributed by atoms with van der Waals surface area (Å²) in [6.07, 6.45) is -0.272. The molecule has 5 nitrogen and oxygen atoms in total. The minimum Gasteiger partial charge on any atom is -0.481 e. The average molecular weight is 340 g/mol. The van der Waals surface area contributed by atoms with Gasteiger partial charge in [-0.15, -0.1) is 0 Å². The van der Waals surface area contributed by atoms with Gasteiger partial charge < -0.3 is 5.11 Å². The number of carbonyl (C=O) groups is 1. The first kappa shape index (κ1) is 17.2. The Morgan fingerprint density at radius 2 is 1.75 bits per heavy atom. The summed E-state index contributed by atoms with van der Waals surface area (Å²) in [7, 11) is -3.84. The van der Waals surface area contributed by atoms with E-state index in [1.54, 1.807) is 13.8 Å². The molecule has 0 unspecified atom stereocenters. The van der Waals surface area contributed by atoms with E-state index in [-0.39, 0.29) is 33.9 Å². The lowest BCUT2D eigenvalue weighted by atomic mass is 10.3. The van der Waals surface area contributed by atoms with Gasteiger partial charge in [0.25, 0.3) is 0 Å². The van der Waals surface area contributed by atoms with E-state index in [9.17, 15) is 13.2 Å². The highest BCUT2D eigenvalue weighted by Crippen LogP contribution is 2.25. The van der Waals surface area contributed by atoms with Crippen molar-refractivity contribution in [3.63, 3.8) is 0 Å². The highest BCUT2D eigenvalue weighted by atomic mass is 35.5. The van der Waals surface area contributed by atoms with Gasteiger partial charge in [-0.25, -0.2) is 8.42 Å². The Hall–Kier alpha value is -0.820. The summed E-state index contributed by atoms with van der Waals surface area (Å²) < 4.78 is 26.1. The molecule has 0 atom stereocenters. The van der Waals surface area contributed by atoms with Crippen LogP contribution in [0.5, 0.6) is 0 Å². The first-order valence-corrected chi connectivity index (χ1v) is 8.04. The first-order valence-electron chi connectivity index (χ1n) is 5.84. The minimum atomic E-state index is -3.84. The van der Waals surface area contributed by atoms with Crippen LogP contribution >= 0.6 is 23.2 Å². The van der Waals surface area contributed by atoms with Crippen LogP contribution < -0.4 is 0 Å². The van der Waals surface area contributed by atoms with E-state index in [4.69, 9.17) is 28.3 Å². The lowest BCUT2D eigenvalue weighted by molar-refractivity contribution is -0.137. The van der Waals surface area contributed by atoms with Crippen molar-refractivity contribution >= 4 is 39.2 Å². The number of rotatable bonds is 6. The Morgan fingerprint density at radius 3 is 2.15 bits per heavy atom. The molecule has 0 aromatic heterocycles. The lowest BCUT2D eigenvalue weighted by Gasteiger charge is -2.25. The van der Waals surface area contributed by atoms with Gasteiger partial charge >= 0.3 is 5.97 Å². The molecule has 20 heavy (non-hydrogen) atoms. The molecule has 0 radical (unpaired) electrons. The molecule has 0 bridgehead atoms. The standard InChI is InChI=1S/C12H15Cl2NO4S/c1-8(2)15(4-3-12(16)17)20(18,19)11-6-9(13)5-10(14)7-11/h5-8H,3-4H2,1-2H3,(H,16,17). The van der Waals surface area contributed by atoms with Crippen LogP contribution in [0.2, 0.25) is 10.0 Å². The number of hydrogen-bond donors (Lipinski definition) is 1. The monoisotopic (exact) mass is 339 g/mol. The Morgan fingerprint density at radius 1 is 1.25 bits per heavy atom. The fourth-order valence-electron chi connectivity index (χ4n) is 1.67. The van der Waals surface area contributed by atoms with Crippen molar-refractivity contribution < 1.29 is 18.3 Å². The molecule has 0 fully saturated rings. The van der Waals surface area contributed by atoms with E-state index in [0.717, 1.165) is 4.31 Å². The zero-order valence-electron chi connectivity index (χ0n) is 11.0. The van der Waals surface area contributed by atoms with Gasteiger partial charge in [0.05, 0.1) is 11.3 Å². The molecular weight excluding hydrogens is 325 g/mol. The molecule has 0 spiro atoms. The van der Waals surface area contributed by atoms with Gasteiger partial charge in [0, 0.05) is 22.6 Å². The number of carboxylic acids is 1. The second kappa shape index (κ2) is 6.76. The van der Waals surface area contributed by atoms with Crippen molar-refractivity contribution in [2.75, 3.05) is 6.54 Å². The average Bonchev–Trinajstić information content (AvgIpc) is 2.26. The lowest BCUT2D eigenvalue weighted by Crippen LogP contribution is -2.38. The fraction of sp³-hybridized carbons (Fsp3) is 0.417. The third-order valence-corrected chi connectivity index (χ3v) is 5.05. The maximum atomic E-state index is 12.5. The van der Waals surface area contributed by atoms with Crippen LogP contribution in [0.15, 0.2) is 23.1 Å². The van der Waals surface area contributed by atoms with E-state index in [0.29, 0.717) is 0 Å². The van der Waals surface area contributed by atoms with Crippen LogP contribution in [-0.2, 0) is 14.8 Å². The molecule has 0 heterocycles. The van der Waals surface area contributed by atoms with Gasteiger partial charge in [-0.2, -0.15) is 4.31 Å². The van der Waals surface area contributed by atoms with Crippen LogP contribution in [0.25, 0.3) is 0 Å². The Bertz CT molecular complexity index is 581. The van der Waals surface area contributed by atoms with Crippen molar-refractivity contribution in [3.05, 3.63) is 28.2 Å². The summed E-state index contributed by atoms with van der Waals surface area (Å²) in [5.74, 6) is -1.06. The molecule has 1 aromatic rings. The van der Waals surface area contributed by atoms with Gasteiger partial charge in [0.15, 0.2) is 0 Å². The Labute approximate surface area is 128 Å². The van der Waals surface area contributed by atoms with Gasteiger partial charge in [-0.3, -0.25) is 4.79 Å². The molecule has 112 valence electrons. The first-order chi connectivity index (χ1) is 9.14. The summed E-state index contributed by atoms with van der Waals surface area (Å²) >= 11 is 11.6. The number of nitrogens with zero attached hydrogens (tertiary/aromatic N) is 1. The summed E-state index contributed by atoms with van der Waals surface area (Å²) in [5.41, 5.74) is 0. The zero-order chi connectivity index (χ0) is 15.5. The zero-order valence-corrected chi connectivity index (χ0v) is 13.3. The maximum absolute atomic E-state index is 12.5. The summed E-state index contributed by atoms with van der Waals surface area (Å²) in [6.45, 7) is 3.23. The SMILES string of the molecule is CC(C)N(CCC(=O)O)S(=O)(=O)c1cc(Cl)cc(Cl)c1. The van der Waals surface area contributed by atoms with Crippen molar-refractivity contribution in [2.24, 2.45) is 0 Å². The largest absolute Gasteiger partial charge is 0.481 e. The molecule has 0 saturated carbocycles. The van der Waals surface area contributed by atoms with E-state index < -0.39 is 16.0 Å². The molecule has 8 heteroatoms. The van der Waals surface area contributed by atoms with E-state index in [1.807, 2.05) is 0 Å². The van der Waals surface area contributed by atoms with Crippen molar-refractivity contribution in [3.8, 4) is 0 Å². The predicted molar refractivity (Wildman–Crippen MR) is 77.7 cm³/mol. The van der Waals surface area contributed by atoms with E-state index in [2.05, 4.69) is 0 Å². The van der Waals surface area contributed by atoms with E-state index >= 15 is 0 Å². The second-order valence-corrected chi connectivity index (χ2v) is 7.22.